The van der Waals surface area contributed by atoms with Gasteiger partial charge in [-0.15, -0.1) is 0 Å². The molecule has 1 heterocycles. The molecule has 22 heavy (non-hydrogen) atoms. The summed E-state index contributed by atoms with van der Waals surface area (Å²) in [6.45, 7) is 3.39. The molecule has 0 bridgehead atoms. The van der Waals surface area contributed by atoms with E-state index in [4.69, 9.17) is 10.5 Å². The van der Waals surface area contributed by atoms with Crippen LogP contribution in [0.4, 0.5) is 0 Å². The van der Waals surface area contributed by atoms with Crippen molar-refractivity contribution in [3.63, 3.8) is 0 Å². The van der Waals surface area contributed by atoms with Gasteiger partial charge in [0.05, 0.1) is 30.7 Å². The molecule has 2 rings (SSSR count). The highest BCUT2D eigenvalue weighted by molar-refractivity contribution is 5.94. The monoisotopic (exact) mass is 300 g/mol. The molecule has 0 saturated heterocycles. The van der Waals surface area contributed by atoms with E-state index >= 15 is 0 Å². The van der Waals surface area contributed by atoms with Gasteiger partial charge in [-0.25, -0.2) is 0 Å². The molecule has 116 valence electrons. The number of nitrogens with zero attached hydrogens (tertiary/aromatic N) is 2. The second-order valence-electron chi connectivity index (χ2n) is 4.85. The summed E-state index contributed by atoms with van der Waals surface area (Å²) in [6.07, 6.45) is 4.14. The number of rotatable bonds is 7. The van der Waals surface area contributed by atoms with E-state index in [1.54, 1.807) is 36.7 Å². The largest absolute Gasteiger partial charge is 0.494 e. The highest BCUT2D eigenvalue weighted by Gasteiger charge is 2.06. The molecule has 6 nitrogen and oxygen atoms in total. The molecule has 0 aliphatic heterocycles. The van der Waals surface area contributed by atoms with Gasteiger partial charge in [-0.05, 0) is 44.2 Å². The number of nitrogens with two attached hydrogens (primary N) is 1. The molecular formula is C16H20N4O2. The molecule has 1 aromatic heterocycles. The van der Waals surface area contributed by atoms with Crippen molar-refractivity contribution >= 4 is 5.91 Å². The third-order valence-corrected chi connectivity index (χ3v) is 3.00. The first-order chi connectivity index (χ1) is 10.7. The predicted molar refractivity (Wildman–Crippen MR) is 83.5 cm³/mol. The van der Waals surface area contributed by atoms with Gasteiger partial charge in [0, 0.05) is 11.8 Å². The lowest BCUT2D eigenvalue weighted by atomic mass is 10.2. The average Bonchev–Trinajstić information content (AvgIpc) is 2.55. The lowest BCUT2D eigenvalue weighted by Crippen LogP contribution is -2.23. The SMILES string of the molecule is Cc1cnc(CNC(=O)c2ccc(OCCCN)cc2)cn1. The van der Waals surface area contributed by atoms with Crippen LogP contribution in [0, 0.1) is 6.92 Å². The van der Waals surface area contributed by atoms with Gasteiger partial charge >= 0.3 is 0 Å². The zero-order valence-electron chi connectivity index (χ0n) is 12.6. The van der Waals surface area contributed by atoms with Crippen LogP contribution >= 0.6 is 0 Å². The molecule has 0 atom stereocenters. The molecule has 6 heteroatoms. The number of benzene rings is 1. The van der Waals surface area contributed by atoms with Crippen molar-refractivity contribution in [2.75, 3.05) is 13.2 Å². The highest BCUT2D eigenvalue weighted by Crippen LogP contribution is 2.12. The summed E-state index contributed by atoms with van der Waals surface area (Å²) in [7, 11) is 0. The van der Waals surface area contributed by atoms with Crippen LogP contribution in [0.25, 0.3) is 0 Å². The molecule has 0 spiro atoms. The second-order valence-corrected chi connectivity index (χ2v) is 4.85. The molecule has 0 saturated carbocycles. The van der Waals surface area contributed by atoms with Gasteiger partial charge in [-0.2, -0.15) is 0 Å². The fraction of sp³-hybridized carbons (Fsp3) is 0.312. The number of amides is 1. The summed E-state index contributed by atoms with van der Waals surface area (Å²) in [5.41, 5.74) is 7.55. The van der Waals surface area contributed by atoms with Crippen LogP contribution in [-0.4, -0.2) is 29.0 Å². The van der Waals surface area contributed by atoms with Crippen LogP contribution < -0.4 is 15.8 Å². The molecule has 0 radical (unpaired) electrons. The highest BCUT2D eigenvalue weighted by atomic mass is 16.5. The maximum Gasteiger partial charge on any atom is 0.251 e. The molecule has 1 amide bonds. The topological polar surface area (TPSA) is 90.1 Å². The molecule has 1 aromatic carbocycles. The van der Waals surface area contributed by atoms with E-state index in [1.807, 2.05) is 6.92 Å². The quantitative estimate of drug-likeness (QED) is 0.755. The summed E-state index contributed by atoms with van der Waals surface area (Å²) < 4.78 is 5.49. The second kappa shape index (κ2) is 8.09. The van der Waals surface area contributed by atoms with Crippen LogP contribution in [0.15, 0.2) is 36.7 Å². The molecule has 0 aliphatic carbocycles. The first-order valence-electron chi connectivity index (χ1n) is 7.17. The summed E-state index contributed by atoms with van der Waals surface area (Å²) in [6, 6.07) is 7.01. The minimum Gasteiger partial charge on any atom is -0.494 e. The third kappa shape index (κ3) is 4.82. The number of nitrogens with one attached hydrogen (secondary N) is 1. The zero-order chi connectivity index (χ0) is 15.8. The van der Waals surface area contributed by atoms with Crippen LogP contribution in [0.1, 0.15) is 28.2 Å². The van der Waals surface area contributed by atoms with Gasteiger partial charge in [-0.1, -0.05) is 0 Å². The van der Waals surface area contributed by atoms with Crippen molar-refractivity contribution in [1.29, 1.82) is 0 Å². The fourth-order valence-electron chi connectivity index (χ4n) is 1.76. The Morgan fingerprint density at radius 1 is 1.23 bits per heavy atom. The van der Waals surface area contributed by atoms with Crippen molar-refractivity contribution in [3.8, 4) is 5.75 Å². The first kappa shape index (κ1) is 15.9. The summed E-state index contributed by atoms with van der Waals surface area (Å²) in [5, 5.41) is 2.81. The van der Waals surface area contributed by atoms with Crippen LogP contribution in [0.3, 0.4) is 0 Å². The van der Waals surface area contributed by atoms with Crippen molar-refractivity contribution in [3.05, 3.63) is 53.6 Å². The van der Waals surface area contributed by atoms with Crippen molar-refractivity contribution in [1.82, 2.24) is 15.3 Å². The van der Waals surface area contributed by atoms with Gasteiger partial charge in [-0.3, -0.25) is 14.8 Å². The predicted octanol–water partition coefficient (Wildman–Crippen LogP) is 1.44. The Hall–Kier alpha value is -2.47. The number of aryl methyl sites for hydroxylation is 1. The minimum atomic E-state index is -0.157. The van der Waals surface area contributed by atoms with E-state index in [-0.39, 0.29) is 5.91 Å². The van der Waals surface area contributed by atoms with Crippen LogP contribution in [0.5, 0.6) is 5.75 Å². The number of hydrogen-bond donors (Lipinski definition) is 2. The zero-order valence-corrected chi connectivity index (χ0v) is 12.6. The van der Waals surface area contributed by atoms with Crippen molar-refractivity contribution in [2.24, 2.45) is 5.73 Å². The smallest absolute Gasteiger partial charge is 0.251 e. The standard InChI is InChI=1S/C16H20N4O2/c1-12-9-19-14(10-18-12)11-20-16(21)13-3-5-15(6-4-13)22-8-2-7-17/h3-6,9-10H,2,7-8,11,17H2,1H3,(H,20,21). The number of aromatic nitrogens is 2. The Morgan fingerprint density at radius 2 is 2.00 bits per heavy atom. The third-order valence-electron chi connectivity index (χ3n) is 3.00. The summed E-state index contributed by atoms with van der Waals surface area (Å²) in [5.74, 6) is 0.574. The van der Waals surface area contributed by atoms with E-state index in [0.29, 0.717) is 25.3 Å². The Kier molecular flexibility index (Phi) is 5.85. The molecule has 3 N–H and O–H groups in total. The van der Waals surface area contributed by atoms with Gasteiger partial charge in [0.2, 0.25) is 0 Å². The molecular weight excluding hydrogens is 280 g/mol. The fourth-order valence-corrected chi connectivity index (χ4v) is 1.76. The number of ether oxygens (including phenoxy) is 1. The molecule has 0 unspecified atom stereocenters. The van der Waals surface area contributed by atoms with Gasteiger partial charge < -0.3 is 15.8 Å². The van der Waals surface area contributed by atoms with E-state index in [2.05, 4.69) is 15.3 Å². The van der Waals surface area contributed by atoms with E-state index < -0.39 is 0 Å². The van der Waals surface area contributed by atoms with Crippen molar-refractivity contribution in [2.45, 2.75) is 19.9 Å². The lowest BCUT2D eigenvalue weighted by Gasteiger charge is -2.07. The van der Waals surface area contributed by atoms with Gasteiger partial charge in [0.15, 0.2) is 0 Å². The number of carbonyl (C=O) groups excluding carboxylic acids is 1. The Morgan fingerprint density at radius 3 is 2.64 bits per heavy atom. The van der Waals surface area contributed by atoms with E-state index in [0.717, 1.165) is 23.6 Å². The van der Waals surface area contributed by atoms with Crippen LogP contribution in [-0.2, 0) is 6.54 Å². The van der Waals surface area contributed by atoms with Crippen LogP contribution in [0.2, 0.25) is 0 Å². The number of hydrogen-bond acceptors (Lipinski definition) is 5. The molecule has 2 aromatic rings. The first-order valence-corrected chi connectivity index (χ1v) is 7.17. The molecule has 0 aliphatic rings. The molecule has 0 fully saturated rings. The summed E-state index contributed by atoms with van der Waals surface area (Å²) in [4.78, 5) is 20.4. The van der Waals surface area contributed by atoms with Gasteiger partial charge in [0.25, 0.3) is 5.91 Å². The maximum absolute atomic E-state index is 12.0. The van der Waals surface area contributed by atoms with E-state index in [9.17, 15) is 4.79 Å². The van der Waals surface area contributed by atoms with Crippen molar-refractivity contribution < 1.29 is 9.53 Å². The van der Waals surface area contributed by atoms with E-state index in [1.165, 1.54) is 0 Å². The average molecular weight is 300 g/mol. The maximum atomic E-state index is 12.0. The normalized spacial score (nSPS) is 10.3. The van der Waals surface area contributed by atoms with Gasteiger partial charge in [0.1, 0.15) is 5.75 Å². The summed E-state index contributed by atoms with van der Waals surface area (Å²) >= 11 is 0. The Labute approximate surface area is 129 Å². The lowest BCUT2D eigenvalue weighted by molar-refractivity contribution is 0.0950. The minimum absolute atomic E-state index is 0.157. The Balaban J connectivity index is 1.85. The Bertz CT molecular complexity index is 597. The number of carbonyl (C=O) groups is 1.